The molecule has 0 spiro atoms. The molecule has 2 heterocycles. The molecule has 0 bridgehead atoms. The third-order valence-corrected chi connectivity index (χ3v) is 5.10. The number of nitrogens with zero attached hydrogens (tertiary/aromatic N) is 5. The lowest BCUT2D eigenvalue weighted by Crippen LogP contribution is -2.37. The van der Waals surface area contributed by atoms with Crippen molar-refractivity contribution < 1.29 is 4.74 Å². The maximum atomic E-state index is 12.9. The summed E-state index contributed by atoms with van der Waals surface area (Å²) >= 11 is 0. The van der Waals surface area contributed by atoms with Crippen LogP contribution in [0.25, 0.3) is 11.2 Å². The monoisotopic (exact) mass is 432 g/mol. The molecule has 9 heteroatoms. The smallest absolute Gasteiger partial charge is 0.332 e. The number of aryl methyl sites for hydroxylation is 1. The van der Waals surface area contributed by atoms with Gasteiger partial charge in [0.2, 0.25) is 5.95 Å². The van der Waals surface area contributed by atoms with Crippen LogP contribution in [0, 0.1) is 0 Å². The highest BCUT2D eigenvalue weighted by molar-refractivity contribution is 5.80. The van der Waals surface area contributed by atoms with E-state index >= 15 is 0 Å². The first-order valence-corrected chi connectivity index (χ1v) is 10.2. The number of anilines is 1. The summed E-state index contributed by atoms with van der Waals surface area (Å²) in [6.45, 7) is 2.93. The molecule has 2 aromatic heterocycles. The number of benzene rings is 2. The van der Waals surface area contributed by atoms with Gasteiger partial charge in [-0.3, -0.25) is 18.5 Å². The molecule has 0 radical (unpaired) electrons. The molecule has 0 saturated carbocycles. The zero-order chi connectivity index (χ0) is 22.7. The first-order valence-electron chi connectivity index (χ1n) is 10.2. The second-order valence-electron chi connectivity index (χ2n) is 7.26. The Labute approximate surface area is 184 Å². The number of rotatable bonds is 7. The van der Waals surface area contributed by atoms with Crippen molar-refractivity contribution in [3.05, 3.63) is 86.6 Å². The lowest BCUT2D eigenvalue weighted by Gasteiger charge is -2.09. The largest absolute Gasteiger partial charge is 0.494 e. The molecule has 0 aliphatic heterocycles. The predicted octanol–water partition coefficient (Wildman–Crippen LogP) is 2.33. The Balaban J connectivity index is 1.73. The highest BCUT2D eigenvalue weighted by Crippen LogP contribution is 2.18. The molecule has 9 nitrogen and oxygen atoms in total. The molecule has 4 aromatic rings. The van der Waals surface area contributed by atoms with Crippen molar-refractivity contribution in [2.75, 3.05) is 12.0 Å². The van der Waals surface area contributed by atoms with Crippen molar-refractivity contribution in [2.24, 2.45) is 19.2 Å². The van der Waals surface area contributed by atoms with Gasteiger partial charge in [0.25, 0.3) is 5.56 Å². The van der Waals surface area contributed by atoms with E-state index < -0.39 is 11.2 Å². The summed E-state index contributed by atoms with van der Waals surface area (Å²) in [7, 11) is 3.05. The zero-order valence-electron chi connectivity index (χ0n) is 18.1. The second-order valence-corrected chi connectivity index (χ2v) is 7.26. The SMILES string of the molecule is CCOc1ccc(/C=N/Nc2nc3c(c(=O)n(C)c(=O)n3C)n2Cc2ccccc2)cc1. The van der Waals surface area contributed by atoms with Crippen LogP contribution in [0.15, 0.2) is 69.3 Å². The minimum atomic E-state index is -0.434. The fraction of sp³-hybridized carbons (Fsp3) is 0.217. The van der Waals surface area contributed by atoms with Gasteiger partial charge in [-0.15, -0.1) is 0 Å². The van der Waals surface area contributed by atoms with Gasteiger partial charge >= 0.3 is 5.69 Å². The zero-order valence-corrected chi connectivity index (χ0v) is 18.1. The summed E-state index contributed by atoms with van der Waals surface area (Å²) in [4.78, 5) is 29.8. The van der Waals surface area contributed by atoms with Crippen molar-refractivity contribution in [3.63, 3.8) is 0 Å². The summed E-state index contributed by atoms with van der Waals surface area (Å²) in [6.07, 6.45) is 1.65. The van der Waals surface area contributed by atoms with Crippen LogP contribution in [0.5, 0.6) is 5.75 Å². The molecular weight excluding hydrogens is 408 g/mol. The summed E-state index contributed by atoms with van der Waals surface area (Å²) in [5.41, 5.74) is 4.58. The number of fused-ring (bicyclic) bond motifs is 1. The van der Waals surface area contributed by atoms with Crippen molar-refractivity contribution in [3.8, 4) is 5.75 Å². The van der Waals surface area contributed by atoms with Crippen LogP contribution in [0.4, 0.5) is 5.95 Å². The molecule has 0 amide bonds. The quantitative estimate of drug-likeness (QED) is 0.357. The van der Waals surface area contributed by atoms with Crippen molar-refractivity contribution in [1.82, 2.24) is 18.7 Å². The average molecular weight is 432 g/mol. The Morgan fingerprint density at radius 2 is 1.75 bits per heavy atom. The van der Waals surface area contributed by atoms with Crippen molar-refractivity contribution in [2.45, 2.75) is 13.5 Å². The normalized spacial score (nSPS) is 11.3. The second kappa shape index (κ2) is 8.93. The summed E-state index contributed by atoms with van der Waals surface area (Å²) < 4.78 is 9.63. The van der Waals surface area contributed by atoms with Crippen LogP contribution in [-0.2, 0) is 20.6 Å². The summed E-state index contributed by atoms with van der Waals surface area (Å²) in [6, 6.07) is 17.2. The van der Waals surface area contributed by atoms with Crippen LogP contribution in [0.1, 0.15) is 18.1 Å². The fourth-order valence-electron chi connectivity index (χ4n) is 3.43. The minimum absolute atomic E-state index is 0.299. The molecule has 2 aromatic carbocycles. The number of ether oxygens (including phenoxy) is 1. The minimum Gasteiger partial charge on any atom is -0.494 e. The molecule has 4 rings (SSSR count). The van der Waals surface area contributed by atoms with Crippen molar-refractivity contribution >= 4 is 23.3 Å². The van der Waals surface area contributed by atoms with Gasteiger partial charge in [-0.2, -0.15) is 10.1 Å². The number of hydrogen-bond acceptors (Lipinski definition) is 6. The van der Waals surface area contributed by atoms with E-state index in [9.17, 15) is 9.59 Å². The summed E-state index contributed by atoms with van der Waals surface area (Å²) in [5, 5.41) is 4.29. The van der Waals surface area contributed by atoms with E-state index in [2.05, 4.69) is 15.5 Å². The highest BCUT2D eigenvalue weighted by atomic mass is 16.5. The first-order chi connectivity index (χ1) is 15.5. The Kier molecular flexibility index (Phi) is 5.89. The van der Waals surface area contributed by atoms with Gasteiger partial charge in [0, 0.05) is 14.1 Å². The van der Waals surface area contributed by atoms with Crippen LogP contribution in [0.2, 0.25) is 0 Å². The van der Waals surface area contributed by atoms with Crippen LogP contribution < -0.4 is 21.4 Å². The average Bonchev–Trinajstić information content (AvgIpc) is 3.16. The van der Waals surface area contributed by atoms with Gasteiger partial charge in [0.15, 0.2) is 11.2 Å². The Morgan fingerprint density at radius 1 is 1.03 bits per heavy atom. The molecule has 0 saturated heterocycles. The van der Waals surface area contributed by atoms with Crippen LogP contribution in [0.3, 0.4) is 0 Å². The Hall–Kier alpha value is -4.14. The third-order valence-electron chi connectivity index (χ3n) is 5.10. The molecule has 164 valence electrons. The number of hydrazone groups is 1. The van der Waals surface area contributed by atoms with E-state index in [1.165, 1.54) is 11.6 Å². The molecule has 0 aliphatic rings. The molecule has 0 unspecified atom stereocenters. The van der Waals surface area contributed by atoms with Crippen LogP contribution >= 0.6 is 0 Å². The summed E-state index contributed by atoms with van der Waals surface area (Å²) in [5.74, 6) is 1.16. The van der Waals surface area contributed by atoms with Crippen LogP contribution in [-0.4, -0.2) is 31.5 Å². The number of imidazole rings is 1. The molecule has 32 heavy (non-hydrogen) atoms. The Morgan fingerprint density at radius 3 is 2.44 bits per heavy atom. The van der Waals surface area contributed by atoms with E-state index in [4.69, 9.17) is 4.74 Å². The van der Waals surface area contributed by atoms with E-state index in [1.807, 2.05) is 61.5 Å². The molecule has 1 N–H and O–H groups in total. The molecule has 0 fully saturated rings. The number of nitrogens with one attached hydrogen (secondary N) is 1. The number of aromatic nitrogens is 4. The van der Waals surface area contributed by atoms with Gasteiger partial charge in [-0.25, -0.2) is 10.2 Å². The van der Waals surface area contributed by atoms with Gasteiger partial charge < -0.3 is 4.74 Å². The topological polar surface area (TPSA) is 95.4 Å². The number of hydrogen-bond donors (Lipinski definition) is 1. The first kappa shape index (κ1) is 21.1. The Bertz CT molecular complexity index is 1380. The maximum absolute atomic E-state index is 12.9. The van der Waals surface area contributed by atoms with E-state index in [1.54, 1.807) is 17.8 Å². The molecule has 0 atom stereocenters. The molecule has 0 aliphatic carbocycles. The maximum Gasteiger partial charge on any atom is 0.332 e. The highest BCUT2D eigenvalue weighted by Gasteiger charge is 2.19. The lowest BCUT2D eigenvalue weighted by molar-refractivity contribution is 0.340. The van der Waals surface area contributed by atoms with E-state index in [0.29, 0.717) is 30.3 Å². The lowest BCUT2D eigenvalue weighted by atomic mass is 10.2. The van der Waals surface area contributed by atoms with Gasteiger partial charge in [0.1, 0.15) is 5.75 Å². The van der Waals surface area contributed by atoms with Gasteiger partial charge in [0.05, 0.1) is 19.4 Å². The van der Waals surface area contributed by atoms with Crippen molar-refractivity contribution in [1.29, 1.82) is 0 Å². The van der Waals surface area contributed by atoms with E-state index in [-0.39, 0.29) is 0 Å². The van der Waals surface area contributed by atoms with E-state index in [0.717, 1.165) is 21.4 Å². The van der Waals surface area contributed by atoms with Gasteiger partial charge in [-0.1, -0.05) is 30.3 Å². The van der Waals surface area contributed by atoms with Gasteiger partial charge in [-0.05, 0) is 42.3 Å². The third kappa shape index (κ3) is 4.04. The fourth-order valence-corrected chi connectivity index (χ4v) is 3.43. The predicted molar refractivity (Wildman–Crippen MR) is 125 cm³/mol. The standard InChI is InChI=1S/C23H24N6O3/c1-4-32-18-12-10-16(11-13-18)14-24-26-22-25-20-19(21(30)28(3)23(31)27(20)2)29(22)15-17-8-6-5-7-9-17/h5-14H,4,15H2,1-3H3,(H,25,26)/b24-14+. The molecular formula is C23H24N6O3.